The lowest BCUT2D eigenvalue weighted by Gasteiger charge is -2.34. The third-order valence-electron chi connectivity index (χ3n) is 3.80. The van der Waals surface area contributed by atoms with Crippen molar-refractivity contribution in [3.8, 4) is 11.5 Å². The number of hydrogen-bond donors (Lipinski definition) is 1. The van der Waals surface area contributed by atoms with E-state index in [4.69, 9.17) is 4.74 Å². The monoisotopic (exact) mass is 234 g/mol. The molecule has 0 spiro atoms. The van der Waals surface area contributed by atoms with Crippen LogP contribution in [-0.4, -0.2) is 17.0 Å². The molecule has 0 fully saturated rings. The van der Waals surface area contributed by atoms with Crippen molar-refractivity contribution in [2.45, 2.75) is 46.1 Å². The summed E-state index contributed by atoms with van der Waals surface area (Å²) in [5.41, 5.74) is 2.93. The molecule has 2 rings (SSSR count). The summed E-state index contributed by atoms with van der Waals surface area (Å²) in [6.07, 6.45) is 2.30. The number of carbonyl (C=O) groups is 1. The number of phenolic OH excluding ortho intramolecular Hbond substituents is 1. The minimum Gasteiger partial charge on any atom is -0.507 e. The number of rotatable bonds is 1. The number of fused-ring (bicyclic) bond motifs is 1. The van der Waals surface area contributed by atoms with Gasteiger partial charge in [-0.2, -0.15) is 0 Å². The van der Waals surface area contributed by atoms with Gasteiger partial charge in [0, 0.05) is 5.56 Å². The van der Waals surface area contributed by atoms with E-state index in [0.29, 0.717) is 12.2 Å². The highest BCUT2D eigenvalue weighted by molar-refractivity contribution is 5.66. The molecule has 0 aliphatic carbocycles. The molecule has 1 heterocycles. The Labute approximate surface area is 101 Å². The second-order valence-electron chi connectivity index (χ2n) is 5.06. The molecule has 1 aliphatic heterocycles. The molecule has 3 heteroatoms. The van der Waals surface area contributed by atoms with E-state index in [0.717, 1.165) is 40.7 Å². The van der Waals surface area contributed by atoms with Crippen LogP contribution in [0.2, 0.25) is 0 Å². The van der Waals surface area contributed by atoms with Gasteiger partial charge in [0.1, 0.15) is 11.5 Å². The first kappa shape index (κ1) is 12.0. The first-order valence-corrected chi connectivity index (χ1v) is 5.86. The zero-order valence-electron chi connectivity index (χ0n) is 10.8. The Balaban J connectivity index is 2.63. The maximum absolute atomic E-state index is 11.1. The Morgan fingerprint density at radius 2 is 1.88 bits per heavy atom. The van der Waals surface area contributed by atoms with Gasteiger partial charge in [-0.05, 0) is 57.2 Å². The van der Waals surface area contributed by atoms with Gasteiger partial charge < -0.3 is 9.84 Å². The molecule has 1 aliphatic rings. The summed E-state index contributed by atoms with van der Waals surface area (Å²) in [7, 11) is 0. The molecule has 1 N–H and O–H groups in total. The Bertz CT molecular complexity index is 491. The number of carbonyl (C=O) groups excluding carboxylic acids is 1. The van der Waals surface area contributed by atoms with Crippen LogP contribution in [0.15, 0.2) is 0 Å². The molecule has 0 saturated heterocycles. The van der Waals surface area contributed by atoms with Crippen LogP contribution in [0.3, 0.4) is 0 Å². The van der Waals surface area contributed by atoms with Crippen LogP contribution in [0.4, 0.5) is 0 Å². The molecule has 1 atom stereocenters. The van der Waals surface area contributed by atoms with Gasteiger partial charge in [0.15, 0.2) is 11.9 Å². The van der Waals surface area contributed by atoms with Crippen LogP contribution < -0.4 is 4.74 Å². The number of hydrogen-bond acceptors (Lipinski definition) is 3. The van der Waals surface area contributed by atoms with Gasteiger partial charge in [-0.25, -0.2) is 0 Å². The molecule has 0 unspecified atom stereocenters. The quantitative estimate of drug-likeness (QED) is 0.760. The van der Waals surface area contributed by atoms with Crippen molar-refractivity contribution in [1.82, 2.24) is 0 Å². The van der Waals surface area contributed by atoms with E-state index in [1.807, 2.05) is 20.8 Å². The molecule has 0 amide bonds. The zero-order valence-corrected chi connectivity index (χ0v) is 10.8. The molecule has 92 valence electrons. The van der Waals surface area contributed by atoms with Crippen LogP contribution in [0.1, 0.15) is 35.6 Å². The predicted octanol–water partition coefficient (Wildman–Crippen LogP) is 2.60. The summed E-state index contributed by atoms with van der Waals surface area (Å²) < 4.78 is 5.84. The zero-order chi connectivity index (χ0) is 12.8. The molecule has 0 radical (unpaired) electrons. The lowest BCUT2D eigenvalue weighted by molar-refractivity contribution is -0.121. The first-order chi connectivity index (χ1) is 7.89. The fourth-order valence-corrected chi connectivity index (χ4v) is 2.35. The fourth-order valence-electron chi connectivity index (χ4n) is 2.35. The average Bonchev–Trinajstić information content (AvgIpc) is 2.33. The molecule has 1 aromatic rings. The molecule has 3 nitrogen and oxygen atoms in total. The van der Waals surface area contributed by atoms with Crippen molar-refractivity contribution in [2.24, 2.45) is 0 Å². The van der Waals surface area contributed by atoms with Crippen LogP contribution in [0, 0.1) is 20.8 Å². The van der Waals surface area contributed by atoms with Crippen molar-refractivity contribution in [1.29, 1.82) is 0 Å². The summed E-state index contributed by atoms with van der Waals surface area (Å²) >= 11 is 0. The standard InChI is InChI=1S/C14H18O3/c1-8-9(2)13-11(10(3)12(8)16)5-6-14(4,7-15)17-13/h7,16H,5-6H2,1-4H3/t14-/m0/s1. The normalized spacial score (nSPS) is 22.8. The number of benzene rings is 1. The second kappa shape index (κ2) is 3.76. The highest BCUT2D eigenvalue weighted by Gasteiger charge is 2.34. The van der Waals surface area contributed by atoms with E-state index in [9.17, 15) is 9.90 Å². The minimum atomic E-state index is -0.729. The predicted molar refractivity (Wildman–Crippen MR) is 65.7 cm³/mol. The second-order valence-corrected chi connectivity index (χ2v) is 5.06. The topological polar surface area (TPSA) is 46.5 Å². The maximum Gasteiger partial charge on any atom is 0.163 e. The highest BCUT2D eigenvalue weighted by Crippen LogP contribution is 2.42. The molecule has 17 heavy (non-hydrogen) atoms. The number of aromatic hydroxyl groups is 1. The SMILES string of the molecule is Cc1c(C)c2c(c(C)c1O)CC[C@@](C)(C=O)O2. The van der Waals surface area contributed by atoms with Crippen LogP contribution in [-0.2, 0) is 11.2 Å². The van der Waals surface area contributed by atoms with Gasteiger partial charge in [0.2, 0.25) is 0 Å². The molecule has 0 aromatic heterocycles. The Kier molecular flexibility index (Phi) is 2.64. The average molecular weight is 234 g/mol. The highest BCUT2D eigenvalue weighted by atomic mass is 16.5. The van der Waals surface area contributed by atoms with E-state index < -0.39 is 5.60 Å². The van der Waals surface area contributed by atoms with Crippen LogP contribution >= 0.6 is 0 Å². The Morgan fingerprint density at radius 1 is 1.24 bits per heavy atom. The fraction of sp³-hybridized carbons (Fsp3) is 0.500. The van der Waals surface area contributed by atoms with Crippen LogP contribution in [0.25, 0.3) is 0 Å². The van der Waals surface area contributed by atoms with E-state index in [1.54, 1.807) is 6.92 Å². The van der Waals surface area contributed by atoms with Gasteiger partial charge in [-0.3, -0.25) is 4.79 Å². The van der Waals surface area contributed by atoms with Gasteiger partial charge in [0.05, 0.1) is 0 Å². The Hall–Kier alpha value is -1.51. The lowest BCUT2D eigenvalue weighted by Crippen LogP contribution is -2.38. The Morgan fingerprint density at radius 3 is 2.47 bits per heavy atom. The van der Waals surface area contributed by atoms with Gasteiger partial charge >= 0.3 is 0 Å². The van der Waals surface area contributed by atoms with E-state index in [-0.39, 0.29) is 0 Å². The van der Waals surface area contributed by atoms with Crippen molar-refractivity contribution in [2.75, 3.05) is 0 Å². The van der Waals surface area contributed by atoms with Crippen molar-refractivity contribution >= 4 is 6.29 Å². The van der Waals surface area contributed by atoms with Crippen molar-refractivity contribution in [3.63, 3.8) is 0 Å². The molecular weight excluding hydrogens is 216 g/mol. The van der Waals surface area contributed by atoms with Gasteiger partial charge in [-0.15, -0.1) is 0 Å². The van der Waals surface area contributed by atoms with Crippen molar-refractivity contribution in [3.05, 3.63) is 22.3 Å². The molecular formula is C14H18O3. The minimum absolute atomic E-state index is 0.347. The first-order valence-electron chi connectivity index (χ1n) is 5.86. The van der Waals surface area contributed by atoms with E-state index in [2.05, 4.69) is 0 Å². The van der Waals surface area contributed by atoms with E-state index >= 15 is 0 Å². The number of ether oxygens (including phenoxy) is 1. The summed E-state index contributed by atoms with van der Waals surface area (Å²) in [5, 5.41) is 10.0. The molecule has 1 aromatic carbocycles. The summed E-state index contributed by atoms with van der Waals surface area (Å²) in [6, 6.07) is 0. The lowest BCUT2D eigenvalue weighted by atomic mass is 9.88. The van der Waals surface area contributed by atoms with Gasteiger partial charge in [0.25, 0.3) is 0 Å². The maximum atomic E-state index is 11.1. The van der Waals surface area contributed by atoms with Gasteiger partial charge in [-0.1, -0.05) is 0 Å². The largest absolute Gasteiger partial charge is 0.507 e. The summed E-state index contributed by atoms with van der Waals surface area (Å²) in [5.74, 6) is 1.12. The van der Waals surface area contributed by atoms with E-state index in [1.165, 1.54) is 0 Å². The number of aldehydes is 1. The third kappa shape index (κ3) is 1.70. The number of phenols is 1. The van der Waals surface area contributed by atoms with Crippen molar-refractivity contribution < 1.29 is 14.6 Å². The summed E-state index contributed by atoms with van der Waals surface area (Å²) in [6.45, 7) is 7.49. The summed E-state index contributed by atoms with van der Waals surface area (Å²) in [4.78, 5) is 11.1. The smallest absolute Gasteiger partial charge is 0.163 e. The van der Waals surface area contributed by atoms with Crippen LogP contribution in [0.5, 0.6) is 11.5 Å². The molecule has 0 saturated carbocycles. The third-order valence-corrected chi connectivity index (χ3v) is 3.80. The molecule has 0 bridgehead atoms.